The normalized spacial score (nSPS) is 22.9. The van der Waals surface area contributed by atoms with Gasteiger partial charge in [-0.05, 0) is 48.2 Å². The summed E-state index contributed by atoms with van der Waals surface area (Å²) in [6.45, 7) is 6.43. The molecule has 2 aromatic rings. The number of benzene rings is 2. The summed E-state index contributed by atoms with van der Waals surface area (Å²) in [5.74, 6) is 0.240. The van der Waals surface area contributed by atoms with Gasteiger partial charge >= 0.3 is 0 Å². The van der Waals surface area contributed by atoms with Gasteiger partial charge in [0.25, 0.3) is 0 Å². The molecule has 0 bridgehead atoms. The first-order valence-corrected chi connectivity index (χ1v) is 10.2. The molecule has 0 spiro atoms. The largest absolute Gasteiger partial charge is 0.308 e. The fraction of sp³-hybridized carbons (Fsp3) is 0.304. The fourth-order valence-electron chi connectivity index (χ4n) is 4.34. The van der Waals surface area contributed by atoms with E-state index in [4.69, 9.17) is 4.99 Å². The number of ketones is 1. The van der Waals surface area contributed by atoms with Crippen LogP contribution in [0.1, 0.15) is 43.9 Å². The van der Waals surface area contributed by atoms with Crippen LogP contribution in [0.25, 0.3) is 0 Å². The highest BCUT2D eigenvalue weighted by atomic mass is 32.2. The molecule has 3 nitrogen and oxygen atoms in total. The Kier molecular flexibility index (Phi) is 3.63. The van der Waals surface area contributed by atoms with Crippen LogP contribution in [0.5, 0.6) is 0 Å². The number of rotatable bonds is 1. The lowest BCUT2D eigenvalue weighted by Gasteiger charge is -2.40. The monoisotopic (exact) mass is 374 g/mol. The minimum atomic E-state index is -0.0900. The number of fused-ring (bicyclic) bond motifs is 3. The highest BCUT2D eigenvalue weighted by Gasteiger charge is 2.45. The van der Waals surface area contributed by atoms with E-state index in [1.807, 2.05) is 0 Å². The molecule has 1 aliphatic carbocycles. The molecule has 0 saturated carbocycles. The third-order valence-corrected chi connectivity index (χ3v) is 6.62. The van der Waals surface area contributed by atoms with Crippen molar-refractivity contribution in [2.45, 2.75) is 44.6 Å². The zero-order chi connectivity index (χ0) is 18.8. The Morgan fingerprint density at radius 1 is 1.07 bits per heavy atom. The Labute approximate surface area is 164 Å². The zero-order valence-corrected chi connectivity index (χ0v) is 16.6. The smallest absolute Gasteiger partial charge is 0.174 e. The number of allylic oxidation sites excluding steroid dienone is 1. The van der Waals surface area contributed by atoms with E-state index in [0.29, 0.717) is 6.42 Å². The minimum absolute atomic E-state index is 0.0317. The van der Waals surface area contributed by atoms with Crippen LogP contribution < -0.4 is 4.90 Å². The molecule has 0 saturated heterocycles. The second kappa shape index (κ2) is 5.83. The highest BCUT2D eigenvalue weighted by molar-refractivity contribution is 8.14. The third kappa shape index (κ3) is 2.66. The molecule has 2 heterocycles. The zero-order valence-electron chi connectivity index (χ0n) is 15.8. The molecule has 136 valence electrons. The predicted octanol–water partition coefficient (Wildman–Crippen LogP) is 5.66. The molecule has 4 heteroatoms. The summed E-state index contributed by atoms with van der Waals surface area (Å²) in [7, 11) is 0. The summed E-state index contributed by atoms with van der Waals surface area (Å²) in [4.78, 5) is 21.7. The molecule has 0 radical (unpaired) electrons. The number of carbonyl (C=O) groups excluding carboxylic acids is 1. The molecular formula is C23H22N2OS. The number of aryl methyl sites for hydroxylation is 1. The van der Waals surface area contributed by atoms with Gasteiger partial charge in [-0.2, -0.15) is 0 Å². The molecule has 3 aliphatic rings. The Balaban J connectivity index is 1.73. The van der Waals surface area contributed by atoms with E-state index >= 15 is 0 Å². The van der Waals surface area contributed by atoms with E-state index in [0.717, 1.165) is 34.1 Å². The molecule has 0 amide bonds. The molecule has 1 atom stereocenters. The fourth-order valence-corrected chi connectivity index (χ4v) is 5.41. The van der Waals surface area contributed by atoms with E-state index in [1.54, 1.807) is 11.8 Å². The van der Waals surface area contributed by atoms with Crippen molar-refractivity contribution in [2.24, 2.45) is 10.4 Å². The number of para-hydroxylation sites is 1. The maximum atomic E-state index is 13.2. The number of nitrogens with zero attached hydrogens (tertiary/aromatic N) is 2. The van der Waals surface area contributed by atoms with Crippen LogP contribution in [-0.4, -0.2) is 11.0 Å². The van der Waals surface area contributed by atoms with Crippen LogP contribution in [0.15, 0.2) is 69.7 Å². The second-order valence-electron chi connectivity index (χ2n) is 8.45. The van der Waals surface area contributed by atoms with Gasteiger partial charge in [0.1, 0.15) is 0 Å². The van der Waals surface area contributed by atoms with Crippen molar-refractivity contribution in [1.82, 2.24) is 0 Å². The first-order valence-electron chi connectivity index (χ1n) is 9.41. The molecule has 0 fully saturated rings. The molecule has 2 aliphatic heterocycles. The van der Waals surface area contributed by atoms with Gasteiger partial charge in [0, 0.05) is 16.9 Å². The summed E-state index contributed by atoms with van der Waals surface area (Å²) in [6.07, 6.45) is 1.44. The standard InChI is InChI=1S/C23H22N2OS/c1-14-8-10-15(11-9-14)21-20-16(12-23(2,3)13-18(20)26)24-22-25(21)17-6-4-5-7-19(17)27-22/h4-11,21H,12-13H2,1-3H3. The SMILES string of the molecule is Cc1ccc(C2C3=C(CC(C)(C)CC3=O)N=C3Sc4ccccc4N32)cc1. The molecule has 1 unspecified atom stereocenters. The molecule has 0 aromatic heterocycles. The third-order valence-electron chi connectivity index (χ3n) is 5.58. The molecule has 5 rings (SSSR count). The van der Waals surface area contributed by atoms with E-state index in [9.17, 15) is 4.79 Å². The van der Waals surface area contributed by atoms with Gasteiger partial charge in [-0.25, -0.2) is 4.99 Å². The van der Waals surface area contributed by atoms with E-state index in [1.165, 1.54) is 10.5 Å². The average molecular weight is 375 g/mol. The maximum absolute atomic E-state index is 13.2. The number of carbonyl (C=O) groups is 1. The maximum Gasteiger partial charge on any atom is 0.174 e. The quantitative estimate of drug-likeness (QED) is 0.645. The Hall–Kier alpha value is -2.33. The van der Waals surface area contributed by atoms with E-state index in [2.05, 4.69) is 74.2 Å². The van der Waals surface area contributed by atoms with Crippen molar-refractivity contribution in [3.05, 3.63) is 70.9 Å². The summed E-state index contributed by atoms with van der Waals surface area (Å²) >= 11 is 1.71. The van der Waals surface area contributed by atoms with E-state index < -0.39 is 0 Å². The average Bonchev–Trinajstić information content (AvgIpc) is 2.97. The van der Waals surface area contributed by atoms with Crippen LogP contribution >= 0.6 is 11.8 Å². The number of anilines is 1. The van der Waals surface area contributed by atoms with Crippen LogP contribution in [0.2, 0.25) is 0 Å². The highest BCUT2D eigenvalue weighted by Crippen LogP contribution is 2.53. The van der Waals surface area contributed by atoms with Gasteiger partial charge in [-0.3, -0.25) is 4.79 Å². The Bertz CT molecular complexity index is 1020. The molecule has 0 N–H and O–H groups in total. The number of thioether (sulfide) groups is 1. The van der Waals surface area contributed by atoms with Crippen molar-refractivity contribution >= 4 is 28.4 Å². The van der Waals surface area contributed by atoms with Crippen molar-refractivity contribution in [2.75, 3.05) is 4.90 Å². The number of aliphatic imine (C=N–C) groups is 1. The van der Waals surface area contributed by atoms with Crippen molar-refractivity contribution in [3.63, 3.8) is 0 Å². The van der Waals surface area contributed by atoms with Gasteiger partial charge < -0.3 is 4.90 Å². The van der Waals surface area contributed by atoms with Crippen LogP contribution in [-0.2, 0) is 4.79 Å². The number of hydrogen-bond acceptors (Lipinski definition) is 4. The Morgan fingerprint density at radius 3 is 2.59 bits per heavy atom. The van der Waals surface area contributed by atoms with Gasteiger partial charge in [0.05, 0.1) is 17.4 Å². The van der Waals surface area contributed by atoms with Crippen molar-refractivity contribution in [1.29, 1.82) is 0 Å². The van der Waals surface area contributed by atoms with Gasteiger partial charge in [0.2, 0.25) is 0 Å². The summed E-state index contributed by atoms with van der Waals surface area (Å²) < 4.78 is 0. The number of hydrogen-bond donors (Lipinski definition) is 0. The predicted molar refractivity (Wildman–Crippen MR) is 111 cm³/mol. The lowest BCUT2D eigenvalue weighted by atomic mass is 9.73. The molecule has 27 heavy (non-hydrogen) atoms. The lowest BCUT2D eigenvalue weighted by molar-refractivity contribution is -0.118. The lowest BCUT2D eigenvalue weighted by Crippen LogP contribution is -2.40. The van der Waals surface area contributed by atoms with Crippen molar-refractivity contribution < 1.29 is 4.79 Å². The van der Waals surface area contributed by atoms with Gasteiger partial charge in [-0.15, -0.1) is 0 Å². The number of amidine groups is 1. The number of Topliss-reactive ketones (excluding diaryl/α,β-unsaturated/α-hetero) is 1. The van der Waals surface area contributed by atoms with Gasteiger partial charge in [-0.1, -0.05) is 55.8 Å². The second-order valence-corrected chi connectivity index (χ2v) is 9.46. The summed E-state index contributed by atoms with van der Waals surface area (Å²) in [6, 6.07) is 16.9. The van der Waals surface area contributed by atoms with Crippen LogP contribution in [0.4, 0.5) is 5.69 Å². The topological polar surface area (TPSA) is 32.7 Å². The van der Waals surface area contributed by atoms with Crippen molar-refractivity contribution in [3.8, 4) is 0 Å². The van der Waals surface area contributed by atoms with Gasteiger partial charge in [0.15, 0.2) is 11.0 Å². The first kappa shape index (κ1) is 16.8. The van der Waals surface area contributed by atoms with E-state index in [-0.39, 0.29) is 17.2 Å². The molecular weight excluding hydrogens is 352 g/mol. The van der Waals surface area contributed by atoms with Crippen LogP contribution in [0.3, 0.4) is 0 Å². The first-order chi connectivity index (χ1) is 12.9. The van der Waals surface area contributed by atoms with Crippen LogP contribution in [0, 0.1) is 12.3 Å². The minimum Gasteiger partial charge on any atom is -0.308 e. The summed E-state index contributed by atoms with van der Waals surface area (Å²) in [5, 5.41) is 0.992. The summed E-state index contributed by atoms with van der Waals surface area (Å²) in [5.41, 5.74) is 5.37. The Morgan fingerprint density at radius 2 is 1.81 bits per heavy atom. The molecule has 2 aromatic carbocycles.